The molecule has 1 aliphatic carbocycles. The van der Waals surface area contributed by atoms with Crippen LogP contribution in [0, 0.1) is 5.92 Å². The topological polar surface area (TPSA) is 105 Å². The highest BCUT2D eigenvalue weighted by atomic mass is 35.5. The number of piperazine rings is 1. The van der Waals surface area contributed by atoms with Crippen LogP contribution in [-0.2, 0) is 11.8 Å². The Kier molecular flexibility index (Phi) is 5.81. The molecule has 1 amide bonds. The fourth-order valence-electron chi connectivity index (χ4n) is 6.07. The molecule has 40 heavy (non-hydrogen) atoms. The Balaban J connectivity index is 1.22. The third kappa shape index (κ3) is 4.20. The lowest BCUT2D eigenvalue weighted by Crippen LogP contribution is -2.52. The number of anilines is 4. The van der Waals surface area contributed by atoms with Crippen molar-refractivity contribution < 1.29 is 18.3 Å². The number of rotatable bonds is 4. The van der Waals surface area contributed by atoms with Gasteiger partial charge in [-0.2, -0.15) is 4.98 Å². The van der Waals surface area contributed by atoms with Crippen molar-refractivity contribution in [1.82, 2.24) is 19.4 Å². The van der Waals surface area contributed by atoms with Crippen LogP contribution in [0.25, 0.3) is 10.9 Å². The second-order valence-corrected chi connectivity index (χ2v) is 11.4. The summed E-state index contributed by atoms with van der Waals surface area (Å²) in [4.78, 5) is 38.2. The molecule has 13 heteroatoms. The summed E-state index contributed by atoms with van der Waals surface area (Å²) in [5.74, 6) is -2.31. The number of ether oxygens (including phenoxy) is 1. The lowest BCUT2D eigenvalue weighted by atomic mass is 10.0. The minimum Gasteiger partial charge on any atom is -0.480 e. The lowest BCUT2D eigenvalue weighted by molar-refractivity contribution is -0.129. The molecule has 7 rings (SSSR count). The number of pyridine rings is 1. The van der Waals surface area contributed by atoms with Gasteiger partial charge in [0.15, 0.2) is 12.4 Å². The van der Waals surface area contributed by atoms with Crippen molar-refractivity contribution in [3.63, 3.8) is 0 Å². The molecule has 0 radical (unpaired) electrons. The van der Waals surface area contributed by atoms with E-state index in [1.165, 1.54) is 10.8 Å². The fourth-order valence-corrected chi connectivity index (χ4v) is 6.21. The average Bonchev–Trinajstić information content (AvgIpc) is 3.73. The number of alkyl halides is 2. The van der Waals surface area contributed by atoms with E-state index in [-0.39, 0.29) is 29.3 Å². The quantitative estimate of drug-likeness (QED) is 0.488. The molecule has 2 saturated heterocycles. The van der Waals surface area contributed by atoms with E-state index in [0.717, 1.165) is 6.42 Å². The van der Waals surface area contributed by atoms with Gasteiger partial charge in [0, 0.05) is 50.2 Å². The number of hydrogen-bond acceptors (Lipinski definition) is 8. The van der Waals surface area contributed by atoms with Crippen LogP contribution in [-0.4, -0.2) is 69.6 Å². The molecule has 5 heterocycles. The number of aryl methyl sites for hydroxylation is 1. The molecule has 3 aromatic rings. The van der Waals surface area contributed by atoms with Crippen molar-refractivity contribution in [3.8, 4) is 5.75 Å². The number of halogens is 3. The van der Waals surface area contributed by atoms with Crippen molar-refractivity contribution in [2.45, 2.75) is 43.7 Å². The number of nitrogens with one attached hydrogen (secondary N) is 2. The molecule has 0 spiro atoms. The van der Waals surface area contributed by atoms with Crippen LogP contribution in [0.1, 0.15) is 25.7 Å². The molecule has 1 saturated carbocycles. The van der Waals surface area contributed by atoms with Crippen LogP contribution in [0.15, 0.2) is 29.2 Å². The molecule has 0 bridgehead atoms. The molecule has 4 aliphatic rings. The van der Waals surface area contributed by atoms with Crippen LogP contribution in [0.2, 0.25) is 5.02 Å². The SMILES string of the molecule is Cn1c(=O)c2c(c3cc(Nc4nc(N5CCN6C(=O)CC[C@@H]6C5)ncc4Cl)ccc31)N[C@@H](C1CC1)C(F)(F)CO2. The summed E-state index contributed by atoms with van der Waals surface area (Å²) in [7, 11) is 1.59. The predicted molar refractivity (Wildman–Crippen MR) is 147 cm³/mol. The van der Waals surface area contributed by atoms with Gasteiger partial charge in [0.25, 0.3) is 5.56 Å². The fraction of sp³-hybridized carbons (Fsp3) is 0.481. The summed E-state index contributed by atoms with van der Waals surface area (Å²) in [5, 5.41) is 7.11. The molecular weight excluding hydrogens is 544 g/mol. The number of aromatic nitrogens is 3. The monoisotopic (exact) mass is 571 g/mol. The molecule has 0 unspecified atom stereocenters. The maximum Gasteiger partial charge on any atom is 0.301 e. The predicted octanol–water partition coefficient (Wildman–Crippen LogP) is 3.75. The number of carbonyl (C=O) groups is 1. The number of carbonyl (C=O) groups excluding carboxylic acids is 1. The van der Waals surface area contributed by atoms with E-state index in [2.05, 4.69) is 25.5 Å². The van der Waals surface area contributed by atoms with Gasteiger partial charge in [0.05, 0.1) is 23.4 Å². The van der Waals surface area contributed by atoms with E-state index in [1.54, 1.807) is 25.2 Å². The third-order valence-corrected chi connectivity index (χ3v) is 8.66. The van der Waals surface area contributed by atoms with Crippen LogP contribution >= 0.6 is 11.6 Å². The van der Waals surface area contributed by atoms with Gasteiger partial charge < -0.3 is 29.7 Å². The van der Waals surface area contributed by atoms with Crippen LogP contribution < -0.4 is 25.8 Å². The van der Waals surface area contributed by atoms with Gasteiger partial charge >= 0.3 is 5.92 Å². The average molecular weight is 572 g/mol. The molecule has 1 aromatic carbocycles. The minimum absolute atomic E-state index is 0.109. The maximum atomic E-state index is 14.9. The van der Waals surface area contributed by atoms with Gasteiger partial charge in [-0.05, 0) is 43.4 Å². The molecule has 3 fully saturated rings. The highest BCUT2D eigenvalue weighted by molar-refractivity contribution is 6.33. The largest absolute Gasteiger partial charge is 0.480 e. The first kappa shape index (κ1) is 25.3. The van der Waals surface area contributed by atoms with E-state index < -0.39 is 24.1 Å². The van der Waals surface area contributed by atoms with Gasteiger partial charge in [0.2, 0.25) is 17.6 Å². The Morgan fingerprint density at radius 1 is 1.20 bits per heavy atom. The number of benzene rings is 1. The minimum atomic E-state index is -3.12. The van der Waals surface area contributed by atoms with Crippen LogP contribution in [0.5, 0.6) is 5.75 Å². The summed E-state index contributed by atoms with van der Waals surface area (Å²) in [6.07, 6.45) is 4.34. The van der Waals surface area contributed by atoms with E-state index in [0.29, 0.717) is 72.3 Å². The first-order chi connectivity index (χ1) is 19.2. The standard InChI is InChI=1S/C27H28ClF2N7O3/c1-35-19-6-4-15(10-17(19)21-22(25(35)39)40-13-27(29,30)23(33-21)14-2-3-14)32-24-18(28)11-31-26(34-24)36-8-9-37-16(12-36)5-7-20(37)38/h4,6,10-11,14,16,23,33H,2-3,5,7-9,12-13H2,1H3,(H,31,32,34)/t16-,23+/m1/s1. The Hall–Kier alpha value is -3.67. The van der Waals surface area contributed by atoms with Gasteiger partial charge in [-0.3, -0.25) is 9.59 Å². The first-order valence-electron chi connectivity index (χ1n) is 13.5. The van der Waals surface area contributed by atoms with Crippen molar-refractivity contribution in [2.24, 2.45) is 13.0 Å². The number of amides is 1. The Labute approximate surface area is 233 Å². The van der Waals surface area contributed by atoms with Crippen LogP contribution in [0.3, 0.4) is 0 Å². The smallest absolute Gasteiger partial charge is 0.301 e. The molecular formula is C27H28ClF2N7O3. The summed E-state index contributed by atoms with van der Waals surface area (Å²) in [6, 6.07) is 4.34. The zero-order valence-electron chi connectivity index (χ0n) is 21.8. The summed E-state index contributed by atoms with van der Waals surface area (Å²) < 4.78 is 36.8. The Morgan fingerprint density at radius 2 is 2.02 bits per heavy atom. The zero-order chi connectivity index (χ0) is 27.8. The van der Waals surface area contributed by atoms with Crippen LogP contribution in [0.4, 0.5) is 31.9 Å². The first-order valence-corrected chi connectivity index (χ1v) is 13.9. The van der Waals surface area contributed by atoms with Crippen molar-refractivity contribution in [1.29, 1.82) is 0 Å². The lowest BCUT2D eigenvalue weighted by Gasteiger charge is -2.37. The van der Waals surface area contributed by atoms with Crippen molar-refractivity contribution >= 4 is 51.6 Å². The highest BCUT2D eigenvalue weighted by Gasteiger charge is 2.51. The molecule has 3 aliphatic heterocycles. The molecule has 10 nitrogen and oxygen atoms in total. The molecule has 2 N–H and O–H groups in total. The molecule has 2 aromatic heterocycles. The van der Waals surface area contributed by atoms with E-state index >= 15 is 0 Å². The maximum absolute atomic E-state index is 14.9. The van der Waals surface area contributed by atoms with E-state index in [9.17, 15) is 18.4 Å². The second kappa shape index (κ2) is 9.18. The molecule has 210 valence electrons. The van der Waals surface area contributed by atoms with Gasteiger partial charge in [0.1, 0.15) is 5.02 Å². The number of nitrogens with zero attached hydrogens (tertiary/aromatic N) is 5. The Bertz CT molecular complexity index is 1590. The number of hydrogen-bond donors (Lipinski definition) is 2. The van der Waals surface area contributed by atoms with Gasteiger partial charge in [-0.25, -0.2) is 13.8 Å². The van der Waals surface area contributed by atoms with Gasteiger partial charge in [-0.15, -0.1) is 0 Å². The van der Waals surface area contributed by atoms with E-state index in [4.69, 9.17) is 16.3 Å². The van der Waals surface area contributed by atoms with Crippen molar-refractivity contribution in [2.75, 3.05) is 41.8 Å². The molecule has 2 atom stereocenters. The third-order valence-electron chi connectivity index (χ3n) is 8.38. The second-order valence-electron chi connectivity index (χ2n) is 11.0. The summed E-state index contributed by atoms with van der Waals surface area (Å²) in [5.41, 5.74) is 0.972. The summed E-state index contributed by atoms with van der Waals surface area (Å²) in [6.45, 7) is 1.05. The van der Waals surface area contributed by atoms with Gasteiger partial charge in [-0.1, -0.05) is 11.6 Å². The van der Waals surface area contributed by atoms with E-state index in [1.807, 2.05) is 4.90 Å². The van der Waals surface area contributed by atoms with Crippen molar-refractivity contribution in [3.05, 3.63) is 39.8 Å². The zero-order valence-corrected chi connectivity index (χ0v) is 22.5. The Morgan fingerprint density at radius 3 is 2.83 bits per heavy atom. The normalized spacial score (nSPS) is 23.8. The summed E-state index contributed by atoms with van der Waals surface area (Å²) >= 11 is 6.47. The number of fused-ring (bicyclic) bond motifs is 4. The highest BCUT2D eigenvalue weighted by Crippen LogP contribution is 2.45.